The van der Waals surface area contributed by atoms with Gasteiger partial charge in [0.05, 0.1) is 13.1 Å². The number of carboxylic acids is 3. The maximum Gasteiger partial charge on any atom is 0.320 e. The molecule has 0 bridgehead atoms. The minimum atomic E-state index is -1.29. The zero-order valence-corrected chi connectivity index (χ0v) is 14.9. The summed E-state index contributed by atoms with van der Waals surface area (Å²) in [5.74, 6) is -3.93. The molecule has 150 valence electrons. The first kappa shape index (κ1) is 23.8. The number of hydrogen-bond donors (Lipinski definition) is 5. The van der Waals surface area contributed by atoms with Crippen molar-refractivity contribution in [3.8, 4) is 0 Å². The van der Waals surface area contributed by atoms with E-state index in [1.54, 1.807) is 0 Å². The Kier molecular flexibility index (Phi) is 12.8. The van der Waals surface area contributed by atoms with Crippen molar-refractivity contribution in [3.05, 3.63) is 0 Å². The molecule has 0 aliphatic rings. The van der Waals surface area contributed by atoms with Gasteiger partial charge in [0.1, 0.15) is 6.04 Å². The van der Waals surface area contributed by atoms with Crippen molar-refractivity contribution < 1.29 is 34.5 Å². The Hall–Kier alpha value is -2.20. The molecule has 0 rings (SSSR count). The Labute approximate surface area is 152 Å². The van der Waals surface area contributed by atoms with Gasteiger partial charge < -0.3 is 26.4 Å². The van der Waals surface area contributed by atoms with Crippen LogP contribution >= 0.6 is 0 Å². The molecule has 10 heteroatoms. The van der Waals surface area contributed by atoms with Gasteiger partial charge in [-0.2, -0.15) is 0 Å². The van der Waals surface area contributed by atoms with Gasteiger partial charge in [0, 0.05) is 13.0 Å². The summed E-state index contributed by atoms with van der Waals surface area (Å²) in [4.78, 5) is 45.5. The Morgan fingerprint density at radius 2 is 1.50 bits per heavy atom. The van der Waals surface area contributed by atoms with Crippen molar-refractivity contribution >= 4 is 23.8 Å². The lowest BCUT2D eigenvalue weighted by Gasteiger charge is -2.25. The standard InChI is InChI=1S/C16H29N3O7/c17-8-4-1-2-7-13(20)18-9-5-3-6-12(16(25)26)19(10-14(21)22)11-15(23)24/h12H,1-11,17H2,(H,18,20)(H,21,22)(H,23,24)(H,25,26). The van der Waals surface area contributed by atoms with Gasteiger partial charge in [-0.3, -0.25) is 24.1 Å². The van der Waals surface area contributed by atoms with Crippen LogP contribution < -0.4 is 11.1 Å². The SMILES string of the molecule is NCCCCCC(=O)NCCCCC(C(=O)O)N(CC(=O)O)CC(=O)O. The molecule has 0 aliphatic heterocycles. The van der Waals surface area contributed by atoms with Crippen molar-refractivity contribution in [1.82, 2.24) is 10.2 Å². The van der Waals surface area contributed by atoms with Crippen molar-refractivity contribution in [2.75, 3.05) is 26.2 Å². The molecule has 10 nitrogen and oxygen atoms in total. The number of aliphatic carboxylic acids is 3. The number of hydrogen-bond acceptors (Lipinski definition) is 6. The van der Waals surface area contributed by atoms with Gasteiger partial charge in [-0.25, -0.2) is 0 Å². The second-order valence-corrected chi connectivity index (χ2v) is 5.99. The van der Waals surface area contributed by atoms with Crippen LogP contribution in [-0.2, 0) is 19.2 Å². The third-order valence-corrected chi connectivity index (χ3v) is 3.74. The minimum absolute atomic E-state index is 0.0739. The van der Waals surface area contributed by atoms with Gasteiger partial charge in [0.25, 0.3) is 0 Å². The van der Waals surface area contributed by atoms with E-state index < -0.39 is 37.0 Å². The molecule has 26 heavy (non-hydrogen) atoms. The molecule has 1 atom stereocenters. The fourth-order valence-corrected chi connectivity index (χ4v) is 2.47. The third kappa shape index (κ3) is 12.2. The summed E-state index contributed by atoms with van der Waals surface area (Å²) in [5.41, 5.74) is 5.37. The van der Waals surface area contributed by atoms with E-state index in [0.29, 0.717) is 32.4 Å². The van der Waals surface area contributed by atoms with E-state index in [2.05, 4.69) is 5.32 Å². The second kappa shape index (κ2) is 14.0. The number of amides is 1. The van der Waals surface area contributed by atoms with Crippen LogP contribution in [0.4, 0.5) is 0 Å². The molecule has 1 amide bonds. The molecular formula is C16H29N3O7. The molecule has 0 aliphatic carbocycles. The summed E-state index contributed by atoms with van der Waals surface area (Å²) in [6.07, 6.45) is 4.00. The molecule has 0 saturated carbocycles. The van der Waals surface area contributed by atoms with Crippen LogP contribution in [0.15, 0.2) is 0 Å². The van der Waals surface area contributed by atoms with Crippen LogP contribution in [0.1, 0.15) is 44.9 Å². The molecule has 0 aromatic carbocycles. The summed E-state index contributed by atoms with van der Waals surface area (Å²) < 4.78 is 0. The first-order valence-electron chi connectivity index (χ1n) is 8.65. The first-order chi connectivity index (χ1) is 12.3. The van der Waals surface area contributed by atoms with Crippen molar-refractivity contribution in [3.63, 3.8) is 0 Å². The predicted octanol–water partition coefficient (Wildman–Crippen LogP) is -0.284. The maximum atomic E-state index is 11.6. The number of carbonyl (C=O) groups excluding carboxylic acids is 1. The molecule has 0 aromatic heterocycles. The summed E-state index contributed by atoms with van der Waals surface area (Å²) in [5, 5.41) is 29.6. The number of carboxylic acid groups (broad SMARTS) is 3. The highest BCUT2D eigenvalue weighted by Gasteiger charge is 2.28. The number of nitrogens with zero attached hydrogens (tertiary/aromatic N) is 1. The number of rotatable bonds is 16. The van der Waals surface area contributed by atoms with Gasteiger partial charge in [0.2, 0.25) is 5.91 Å². The number of nitrogens with two attached hydrogens (primary N) is 1. The van der Waals surface area contributed by atoms with E-state index in [1.807, 2.05) is 0 Å². The highest BCUT2D eigenvalue weighted by atomic mass is 16.4. The van der Waals surface area contributed by atoms with Gasteiger partial charge >= 0.3 is 17.9 Å². The molecular weight excluding hydrogens is 346 g/mol. The fourth-order valence-electron chi connectivity index (χ4n) is 2.47. The highest BCUT2D eigenvalue weighted by molar-refractivity contribution is 5.78. The summed E-state index contributed by atoms with van der Waals surface area (Å²) in [6, 6.07) is -1.20. The normalized spacial score (nSPS) is 11.9. The third-order valence-electron chi connectivity index (χ3n) is 3.74. The zero-order chi connectivity index (χ0) is 19.9. The van der Waals surface area contributed by atoms with E-state index in [-0.39, 0.29) is 12.3 Å². The van der Waals surface area contributed by atoms with Crippen LogP contribution in [0, 0.1) is 0 Å². The highest BCUT2D eigenvalue weighted by Crippen LogP contribution is 2.10. The number of unbranched alkanes of at least 4 members (excludes halogenated alkanes) is 3. The van der Waals surface area contributed by atoms with Crippen LogP contribution in [0.5, 0.6) is 0 Å². The molecule has 1 unspecified atom stereocenters. The van der Waals surface area contributed by atoms with Crippen LogP contribution in [0.2, 0.25) is 0 Å². The van der Waals surface area contributed by atoms with Crippen molar-refractivity contribution in [2.24, 2.45) is 5.73 Å². The molecule has 0 aromatic rings. The lowest BCUT2D eigenvalue weighted by Crippen LogP contribution is -2.46. The lowest BCUT2D eigenvalue weighted by atomic mass is 10.1. The van der Waals surface area contributed by atoms with Crippen LogP contribution in [0.25, 0.3) is 0 Å². The smallest absolute Gasteiger partial charge is 0.320 e. The number of carbonyl (C=O) groups is 4. The zero-order valence-electron chi connectivity index (χ0n) is 14.9. The molecule has 6 N–H and O–H groups in total. The molecule has 0 heterocycles. The quantitative estimate of drug-likeness (QED) is 0.227. The van der Waals surface area contributed by atoms with Crippen LogP contribution in [0.3, 0.4) is 0 Å². The average Bonchev–Trinajstić information content (AvgIpc) is 2.53. The van der Waals surface area contributed by atoms with E-state index in [9.17, 15) is 24.3 Å². The lowest BCUT2D eigenvalue weighted by molar-refractivity contribution is -0.149. The summed E-state index contributed by atoms with van der Waals surface area (Å²) >= 11 is 0. The largest absolute Gasteiger partial charge is 0.480 e. The predicted molar refractivity (Wildman–Crippen MR) is 92.7 cm³/mol. The Morgan fingerprint density at radius 1 is 0.885 bits per heavy atom. The van der Waals surface area contributed by atoms with E-state index in [0.717, 1.165) is 24.2 Å². The van der Waals surface area contributed by atoms with Gasteiger partial charge in [-0.15, -0.1) is 0 Å². The van der Waals surface area contributed by atoms with E-state index in [4.69, 9.17) is 15.9 Å². The average molecular weight is 375 g/mol. The first-order valence-corrected chi connectivity index (χ1v) is 8.65. The number of nitrogens with one attached hydrogen (secondary N) is 1. The minimum Gasteiger partial charge on any atom is -0.480 e. The Morgan fingerprint density at radius 3 is 2.00 bits per heavy atom. The Bertz CT molecular complexity index is 455. The molecule has 0 radical (unpaired) electrons. The summed E-state index contributed by atoms with van der Waals surface area (Å²) in [7, 11) is 0. The van der Waals surface area contributed by atoms with Crippen LogP contribution in [-0.4, -0.2) is 76.3 Å². The van der Waals surface area contributed by atoms with Gasteiger partial charge in [0.15, 0.2) is 0 Å². The molecule has 0 fully saturated rings. The second-order valence-electron chi connectivity index (χ2n) is 5.99. The molecule has 0 saturated heterocycles. The van der Waals surface area contributed by atoms with E-state index >= 15 is 0 Å². The molecule has 0 spiro atoms. The summed E-state index contributed by atoms with van der Waals surface area (Å²) in [6.45, 7) is -0.335. The topological polar surface area (TPSA) is 170 Å². The van der Waals surface area contributed by atoms with E-state index in [1.165, 1.54) is 0 Å². The monoisotopic (exact) mass is 375 g/mol. The van der Waals surface area contributed by atoms with Gasteiger partial charge in [-0.1, -0.05) is 6.42 Å². The van der Waals surface area contributed by atoms with Crippen molar-refractivity contribution in [1.29, 1.82) is 0 Å². The van der Waals surface area contributed by atoms with Gasteiger partial charge in [-0.05, 0) is 38.6 Å². The van der Waals surface area contributed by atoms with Crippen molar-refractivity contribution in [2.45, 2.75) is 51.0 Å². The fraction of sp³-hybridized carbons (Fsp3) is 0.750. The maximum absolute atomic E-state index is 11.6. The Balaban J connectivity index is 4.23.